The van der Waals surface area contributed by atoms with Crippen molar-refractivity contribution in [1.82, 2.24) is 9.78 Å². The molecule has 21 heavy (non-hydrogen) atoms. The van der Waals surface area contributed by atoms with Gasteiger partial charge >= 0.3 is 6.36 Å². The van der Waals surface area contributed by atoms with Gasteiger partial charge in [0, 0.05) is 24.8 Å². The molecule has 0 saturated heterocycles. The molecule has 0 aliphatic carbocycles. The second kappa shape index (κ2) is 6.82. The molecule has 2 N–H and O–H groups in total. The van der Waals surface area contributed by atoms with Gasteiger partial charge in [-0.15, -0.1) is 25.6 Å². The number of benzene rings is 1. The molecule has 1 aromatic carbocycles. The van der Waals surface area contributed by atoms with E-state index in [0.29, 0.717) is 23.2 Å². The molecule has 0 saturated carbocycles. The van der Waals surface area contributed by atoms with E-state index in [1.165, 1.54) is 12.1 Å². The van der Waals surface area contributed by atoms with Crippen molar-refractivity contribution in [1.29, 1.82) is 0 Å². The average Bonchev–Trinajstić information content (AvgIpc) is 2.85. The third-order valence-electron chi connectivity index (χ3n) is 2.73. The zero-order valence-electron chi connectivity index (χ0n) is 11.2. The number of hydrogen-bond donors (Lipinski definition) is 1. The molecule has 0 spiro atoms. The van der Waals surface area contributed by atoms with Gasteiger partial charge in [-0.2, -0.15) is 5.10 Å². The zero-order valence-corrected chi connectivity index (χ0v) is 12.0. The van der Waals surface area contributed by atoms with E-state index < -0.39 is 6.36 Å². The fourth-order valence-corrected chi connectivity index (χ4v) is 1.82. The van der Waals surface area contributed by atoms with Gasteiger partial charge in [0.15, 0.2) is 0 Å². The minimum absolute atomic E-state index is 0. The Morgan fingerprint density at radius 3 is 2.48 bits per heavy atom. The van der Waals surface area contributed by atoms with Gasteiger partial charge in [0.05, 0.1) is 6.20 Å². The van der Waals surface area contributed by atoms with E-state index in [1.54, 1.807) is 23.1 Å². The van der Waals surface area contributed by atoms with Gasteiger partial charge in [-0.05, 0) is 36.2 Å². The van der Waals surface area contributed by atoms with Crippen LogP contribution in [0.4, 0.5) is 13.2 Å². The molecule has 0 aliphatic rings. The maximum absolute atomic E-state index is 12.3. The fraction of sp³-hybridized carbons (Fsp3) is 0.308. The lowest BCUT2D eigenvalue weighted by atomic mass is 10.1. The Hall–Kier alpha value is -1.73. The van der Waals surface area contributed by atoms with Crippen LogP contribution in [-0.2, 0) is 13.1 Å². The third kappa shape index (κ3) is 4.64. The van der Waals surface area contributed by atoms with Crippen LogP contribution < -0.4 is 10.5 Å². The molecular formula is C13H15ClF3N3O. The highest BCUT2D eigenvalue weighted by molar-refractivity contribution is 5.85. The molecule has 0 aliphatic heterocycles. The van der Waals surface area contributed by atoms with Crippen molar-refractivity contribution >= 4 is 12.4 Å². The number of ether oxygens (including phenoxy) is 1. The van der Waals surface area contributed by atoms with Crippen LogP contribution in [0, 0.1) is 0 Å². The standard InChI is InChI=1S/C13H14F3N3O.ClH/c1-2-19-8-11(7-18-19)10-3-9(6-17)4-12(5-10)20-13(14,15)16;/h3-5,7-8H,2,6,17H2,1H3;1H. The van der Waals surface area contributed by atoms with Gasteiger partial charge < -0.3 is 10.5 Å². The van der Waals surface area contributed by atoms with Crippen molar-refractivity contribution in [3.63, 3.8) is 0 Å². The highest BCUT2D eigenvalue weighted by atomic mass is 35.5. The van der Waals surface area contributed by atoms with Gasteiger partial charge in [0.1, 0.15) is 5.75 Å². The molecule has 2 rings (SSSR count). The number of aryl methyl sites for hydroxylation is 1. The van der Waals surface area contributed by atoms with Gasteiger partial charge in [-0.1, -0.05) is 0 Å². The largest absolute Gasteiger partial charge is 0.573 e. The normalized spacial score (nSPS) is 11.1. The SMILES string of the molecule is CCn1cc(-c2cc(CN)cc(OC(F)(F)F)c2)cn1.Cl. The fourth-order valence-electron chi connectivity index (χ4n) is 1.82. The summed E-state index contributed by atoms with van der Waals surface area (Å²) in [5.74, 6) is -0.278. The van der Waals surface area contributed by atoms with Crippen LogP contribution in [0.1, 0.15) is 12.5 Å². The number of alkyl halides is 3. The Morgan fingerprint density at radius 1 is 1.24 bits per heavy atom. The molecule has 8 heteroatoms. The van der Waals surface area contributed by atoms with E-state index >= 15 is 0 Å². The summed E-state index contributed by atoms with van der Waals surface area (Å²) >= 11 is 0. The van der Waals surface area contributed by atoms with Crippen LogP contribution in [-0.4, -0.2) is 16.1 Å². The second-order valence-corrected chi connectivity index (χ2v) is 4.20. The summed E-state index contributed by atoms with van der Waals surface area (Å²) in [5, 5.41) is 4.09. The number of aromatic nitrogens is 2. The molecule has 0 atom stereocenters. The smallest absolute Gasteiger partial charge is 0.406 e. The highest BCUT2D eigenvalue weighted by Crippen LogP contribution is 2.29. The van der Waals surface area contributed by atoms with E-state index in [0.717, 1.165) is 0 Å². The topological polar surface area (TPSA) is 53.1 Å². The first-order chi connectivity index (χ1) is 9.41. The minimum atomic E-state index is -4.72. The lowest BCUT2D eigenvalue weighted by Gasteiger charge is -2.11. The van der Waals surface area contributed by atoms with Crippen LogP contribution >= 0.6 is 12.4 Å². The number of rotatable bonds is 4. The summed E-state index contributed by atoms with van der Waals surface area (Å²) in [6, 6.07) is 4.32. The molecule has 0 fully saturated rings. The van der Waals surface area contributed by atoms with Crippen molar-refractivity contribution in [2.24, 2.45) is 5.73 Å². The van der Waals surface area contributed by atoms with Crippen LogP contribution in [0.3, 0.4) is 0 Å². The summed E-state index contributed by atoms with van der Waals surface area (Å²) < 4.78 is 42.5. The van der Waals surface area contributed by atoms with Gasteiger partial charge in [0.2, 0.25) is 0 Å². The average molecular weight is 322 g/mol. The number of nitrogens with two attached hydrogens (primary N) is 1. The lowest BCUT2D eigenvalue weighted by Crippen LogP contribution is -2.17. The molecule has 4 nitrogen and oxygen atoms in total. The maximum atomic E-state index is 12.3. The molecule has 116 valence electrons. The Kier molecular flexibility index (Phi) is 5.62. The van der Waals surface area contributed by atoms with Crippen molar-refractivity contribution in [2.75, 3.05) is 0 Å². The van der Waals surface area contributed by atoms with Crippen molar-refractivity contribution < 1.29 is 17.9 Å². The van der Waals surface area contributed by atoms with Gasteiger partial charge in [-0.3, -0.25) is 4.68 Å². The van der Waals surface area contributed by atoms with E-state index in [9.17, 15) is 13.2 Å². The Balaban J connectivity index is 0.00000220. The number of hydrogen-bond acceptors (Lipinski definition) is 3. The summed E-state index contributed by atoms with van der Waals surface area (Å²) in [7, 11) is 0. The maximum Gasteiger partial charge on any atom is 0.573 e. The lowest BCUT2D eigenvalue weighted by molar-refractivity contribution is -0.274. The predicted molar refractivity (Wildman–Crippen MR) is 75.2 cm³/mol. The van der Waals surface area contributed by atoms with Crippen molar-refractivity contribution in [3.8, 4) is 16.9 Å². The third-order valence-corrected chi connectivity index (χ3v) is 2.73. The molecule has 0 bridgehead atoms. The Morgan fingerprint density at radius 2 is 1.95 bits per heavy atom. The predicted octanol–water partition coefficient (Wildman–Crippen LogP) is 3.35. The van der Waals surface area contributed by atoms with Crippen LogP contribution in [0.5, 0.6) is 5.75 Å². The number of nitrogens with zero attached hydrogens (tertiary/aromatic N) is 2. The summed E-state index contributed by atoms with van der Waals surface area (Å²) in [5.41, 5.74) is 7.37. The van der Waals surface area contributed by atoms with Gasteiger partial charge in [-0.25, -0.2) is 0 Å². The molecule has 0 amide bonds. The molecule has 1 heterocycles. The first-order valence-corrected chi connectivity index (χ1v) is 6.04. The minimum Gasteiger partial charge on any atom is -0.406 e. The second-order valence-electron chi connectivity index (χ2n) is 4.20. The monoisotopic (exact) mass is 321 g/mol. The number of halogens is 4. The van der Waals surface area contributed by atoms with E-state index in [1.807, 2.05) is 6.92 Å². The Labute approximate surface area is 126 Å². The van der Waals surface area contributed by atoms with Crippen molar-refractivity contribution in [2.45, 2.75) is 26.4 Å². The van der Waals surface area contributed by atoms with E-state index in [-0.39, 0.29) is 24.7 Å². The molecule has 0 radical (unpaired) electrons. The highest BCUT2D eigenvalue weighted by Gasteiger charge is 2.31. The summed E-state index contributed by atoms with van der Waals surface area (Å²) in [4.78, 5) is 0. The van der Waals surface area contributed by atoms with E-state index in [4.69, 9.17) is 5.73 Å². The molecular weight excluding hydrogens is 307 g/mol. The van der Waals surface area contributed by atoms with Crippen molar-refractivity contribution in [3.05, 3.63) is 36.2 Å². The first kappa shape index (κ1) is 17.3. The van der Waals surface area contributed by atoms with Crippen LogP contribution in [0.2, 0.25) is 0 Å². The quantitative estimate of drug-likeness (QED) is 0.939. The van der Waals surface area contributed by atoms with Crippen LogP contribution in [0.25, 0.3) is 11.1 Å². The molecule has 1 aromatic heterocycles. The molecule has 2 aromatic rings. The summed E-state index contributed by atoms with van der Waals surface area (Å²) in [6.45, 7) is 2.73. The first-order valence-electron chi connectivity index (χ1n) is 6.04. The zero-order chi connectivity index (χ0) is 14.8. The molecule has 0 unspecified atom stereocenters. The van der Waals surface area contributed by atoms with Gasteiger partial charge in [0.25, 0.3) is 0 Å². The Bertz CT molecular complexity index is 599. The summed E-state index contributed by atoms with van der Waals surface area (Å²) in [6.07, 6.45) is -1.37. The van der Waals surface area contributed by atoms with Crippen LogP contribution in [0.15, 0.2) is 30.6 Å². The van der Waals surface area contributed by atoms with E-state index in [2.05, 4.69) is 9.84 Å².